The van der Waals surface area contributed by atoms with E-state index in [4.69, 9.17) is 5.11 Å². The van der Waals surface area contributed by atoms with Crippen LogP contribution in [-0.2, 0) is 4.79 Å². The summed E-state index contributed by atoms with van der Waals surface area (Å²) in [6.07, 6.45) is 7.00. The summed E-state index contributed by atoms with van der Waals surface area (Å²) in [4.78, 5) is 10.7. The van der Waals surface area contributed by atoms with Crippen LogP contribution in [0.5, 0.6) is 0 Å². The van der Waals surface area contributed by atoms with Gasteiger partial charge in [0.05, 0.1) is 12.0 Å². The monoisotopic (exact) mass is 214 g/mol. The van der Waals surface area contributed by atoms with Crippen molar-refractivity contribution in [1.29, 1.82) is 0 Å². The molecule has 1 saturated carbocycles. The summed E-state index contributed by atoms with van der Waals surface area (Å²) in [5.41, 5.74) is 0. The van der Waals surface area contributed by atoms with Crippen molar-refractivity contribution in [3.63, 3.8) is 0 Å². The van der Waals surface area contributed by atoms with Crippen molar-refractivity contribution in [1.82, 2.24) is 0 Å². The van der Waals surface area contributed by atoms with E-state index < -0.39 is 18.0 Å². The molecule has 2 N–H and O–H groups in total. The molecule has 0 amide bonds. The number of rotatable bonds is 4. The van der Waals surface area contributed by atoms with Crippen molar-refractivity contribution in [3.8, 4) is 0 Å². The van der Waals surface area contributed by atoms with Gasteiger partial charge in [-0.2, -0.15) is 0 Å². The quantitative estimate of drug-likeness (QED) is 0.707. The lowest BCUT2D eigenvalue weighted by molar-refractivity contribution is -0.142. The number of carboxylic acids is 1. The first kappa shape index (κ1) is 12.5. The standard InChI is InChI=1S/C12H22O3/c1-9(12(14)15)8-11(13)10-6-4-2-3-5-7-10/h9-11,13H,2-8H2,1H3,(H,14,15). The van der Waals surface area contributed by atoms with Crippen LogP contribution in [-0.4, -0.2) is 22.3 Å². The highest BCUT2D eigenvalue weighted by Crippen LogP contribution is 2.28. The highest BCUT2D eigenvalue weighted by atomic mass is 16.4. The Balaban J connectivity index is 2.37. The Morgan fingerprint density at radius 1 is 1.27 bits per heavy atom. The molecule has 0 aromatic carbocycles. The SMILES string of the molecule is CC(CC(O)C1CCCCCC1)C(=O)O. The minimum absolute atomic E-state index is 0.328. The van der Waals surface area contributed by atoms with Crippen LogP contribution in [0.3, 0.4) is 0 Å². The Morgan fingerprint density at radius 2 is 1.80 bits per heavy atom. The van der Waals surface area contributed by atoms with Crippen LogP contribution < -0.4 is 0 Å². The average Bonchev–Trinajstić information content (AvgIpc) is 2.45. The number of hydrogen-bond acceptors (Lipinski definition) is 2. The minimum atomic E-state index is -0.803. The maximum absolute atomic E-state index is 10.7. The summed E-state index contributed by atoms with van der Waals surface area (Å²) in [6, 6.07) is 0. The van der Waals surface area contributed by atoms with Gasteiger partial charge >= 0.3 is 5.97 Å². The predicted molar refractivity (Wildman–Crippen MR) is 58.6 cm³/mol. The zero-order valence-corrected chi connectivity index (χ0v) is 9.48. The topological polar surface area (TPSA) is 57.5 Å². The minimum Gasteiger partial charge on any atom is -0.481 e. The van der Waals surface area contributed by atoms with Crippen LogP contribution in [0.15, 0.2) is 0 Å². The molecule has 0 radical (unpaired) electrons. The molecule has 88 valence electrons. The third-order valence-electron chi connectivity index (χ3n) is 3.46. The molecule has 3 heteroatoms. The summed E-state index contributed by atoms with van der Waals surface area (Å²) in [7, 11) is 0. The second-order valence-corrected chi connectivity index (χ2v) is 4.79. The lowest BCUT2D eigenvalue weighted by Crippen LogP contribution is -2.25. The predicted octanol–water partition coefficient (Wildman–Crippen LogP) is 2.43. The molecular formula is C12H22O3. The molecule has 0 aliphatic heterocycles. The number of aliphatic hydroxyl groups excluding tert-OH is 1. The first-order valence-electron chi connectivity index (χ1n) is 6.02. The van der Waals surface area contributed by atoms with Crippen molar-refractivity contribution in [2.75, 3.05) is 0 Å². The van der Waals surface area contributed by atoms with Crippen LogP contribution >= 0.6 is 0 Å². The lowest BCUT2D eigenvalue weighted by Gasteiger charge is -2.22. The smallest absolute Gasteiger partial charge is 0.306 e. The molecule has 0 heterocycles. The number of carboxylic acid groups (broad SMARTS) is 1. The van der Waals surface area contributed by atoms with Crippen LogP contribution in [0.1, 0.15) is 51.9 Å². The Morgan fingerprint density at radius 3 is 2.27 bits per heavy atom. The molecule has 0 saturated heterocycles. The van der Waals surface area contributed by atoms with Gasteiger partial charge in [0, 0.05) is 0 Å². The Hall–Kier alpha value is -0.570. The van der Waals surface area contributed by atoms with Crippen molar-refractivity contribution in [3.05, 3.63) is 0 Å². The van der Waals surface area contributed by atoms with E-state index in [1.165, 1.54) is 25.7 Å². The number of carbonyl (C=O) groups is 1. The molecule has 0 bridgehead atoms. The maximum Gasteiger partial charge on any atom is 0.306 e. The first-order chi connectivity index (χ1) is 7.11. The Kier molecular flexibility index (Phi) is 5.09. The third-order valence-corrected chi connectivity index (χ3v) is 3.46. The third kappa shape index (κ3) is 4.20. The fraction of sp³-hybridized carbons (Fsp3) is 0.917. The zero-order valence-electron chi connectivity index (χ0n) is 9.48. The van der Waals surface area contributed by atoms with Gasteiger partial charge in [-0.05, 0) is 25.2 Å². The van der Waals surface area contributed by atoms with Gasteiger partial charge in [0.1, 0.15) is 0 Å². The fourth-order valence-electron chi connectivity index (χ4n) is 2.35. The van der Waals surface area contributed by atoms with Crippen LogP contribution in [0.4, 0.5) is 0 Å². The molecule has 0 spiro atoms. The van der Waals surface area contributed by atoms with E-state index >= 15 is 0 Å². The zero-order chi connectivity index (χ0) is 11.3. The maximum atomic E-state index is 10.7. The van der Waals surface area contributed by atoms with Crippen molar-refractivity contribution in [2.45, 2.75) is 58.0 Å². The lowest BCUT2D eigenvalue weighted by atomic mass is 9.88. The summed E-state index contributed by atoms with van der Waals surface area (Å²) in [5.74, 6) is -0.903. The Labute approximate surface area is 91.5 Å². The molecule has 1 fully saturated rings. The van der Waals surface area contributed by atoms with Crippen LogP contribution in [0.2, 0.25) is 0 Å². The van der Waals surface area contributed by atoms with Crippen molar-refractivity contribution < 1.29 is 15.0 Å². The van der Waals surface area contributed by atoms with Gasteiger partial charge in [0.15, 0.2) is 0 Å². The van der Waals surface area contributed by atoms with E-state index in [0.717, 1.165) is 12.8 Å². The first-order valence-corrected chi connectivity index (χ1v) is 6.02. The molecule has 0 aromatic rings. The van der Waals surface area contributed by atoms with E-state index in [0.29, 0.717) is 12.3 Å². The molecule has 1 rings (SSSR count). The Bertz CT molecular complexity index is 195. The van der Waals surface area contributed by atoms with Gasteiger partial charge < -0.3 is 10.2 Å². The van der Waals surface area contributed by atoms with Gasteiger partial charge in [-0.3, -0.25) is 4.79 Å². The molecule has 2 unspecified atom stereocenters. The summed E-state index contributed by atoms with van der Waals surface area (Å²) in [6.45, 7) is 1.67. The second-order valence-electron chi connectivity index (χ2n) is 4.79. The van der Waals surface area contributed by atoms with E-state index in [9.17, 15) is 9.90 Å². The van der Waals surface area contributed by atoms with E-state index in [2.05, 4.69) is 0 Å². The van der Waals surface area contributed by atoms with Gasteiger partial charge in [0.25, 0.3) is 0 Å². The molecule has 15 heavy (non-hydrogen) atoms. The number of aliphatic hydroxyl groups is 1. The van der Waals surface area contributed by atoms with Gasteiger partial charge in [-0.1, -0.05) is 32.6 Å². The summed E-state index contributed by atoms with van der Waals surface area (Å²) >= 11 is 0. The number of aliphatic carboxylic acids is 1. The molecule has 1 aliphatic rings. The summed E-state index contributed by atoms with van der Waals surface area (Å²) < 4.78 is 0. The normalized spacial score (nSPS) is 23.1. The second kappa shape index (κ2) is 6.11. The van der Waals surface area contributed by atoms with Crippen molar-refractivity contribution in [2.24, 2.45) is 11.8 Å². The molecule has 2 atom stereocenters. The number of hydrogen-bond donors (Lipinski definition) is 2. The average molecular weight is 214 g/mol. The summed E-state index contributed by atoms with van der Waals surface area (Å²) in [5, 5.41) is 18.7. The van der Waals surface area contributed by atoms with E-state index in [1.54, 1.807) is 6.92 Å². The van der Waals surface area contributed by atoms with Crippen molar-refractivity contribution >= 4 is 5.97 Å². The molecule has 1 aliphatic carbocycles. The molecular weight excluding hydrogens is 192 g/mol. The molecule has 0 aromatic heterocycles. The van der Waals surface area contributed by atoms with Gasteiger partial charge in [0.2, 0.25) is 0 Å². The van der Waals surface area contributed by atoms with Gasteiger partial charge in [-0.25, -0.2) is 0 Å². The highest BCUT2D eigenvalue weighted by Gasteiger charge is 2.24. The van der Waals surface area contributed by atoms with Crippen LogP contribution in [0.25, 0.3) is 0 Å². The van der Waals surface area contributed by atoms with E-state index in [-0.39, 0.29) is 0 Å². The fourth-order valence-corrected chi connectivity index (χ4v) is 2.35. The van der Waals surface area contributed by atoms with Crippen LogP contribution in [0, 0.1) is 11.8 Å². The largest absolute Gasteiger partial charge is 0.481 e. The highest BCUT2D eigenvalue weighted by molar-refractivity contribution is 5.69. The van der Waals surface area contributed by atoms with E-state index in [1.807, 2.05) is 0 Å². The van der Waals surface area contributed by atoms with Gasteiger partial charge in [-0.15, -0.1) is 0 Å². The molecule has 3 nitrogen and oxygen atoms in total.